The van der Waals surface area contributed by atoms with Crippen LogP contribution in [0.5, 0.6) is 0 Å². The summed E-state index contributed by atoms with van der Waals surface area (Å²) in [6, 6.07) is 6.44. The predicted molar refractivity (Wildman–Crippen MR) is 70.1 cm³/mol. The van der Waals surface area contributed by atoms with Gasteiger partial charge >= 0.3 is 0 Å². The fourth-order valence-electron chi connectivity index (χ4n) is 1.39. The predicted octanol–water partition coefficient (Wildman–Crippen LogP) is 3.32. The maximum Gasteiger partial charge on any atom is 0.0601 e. The van der Waals surface area contributed by atoms with Crippen LogP contribution in [0.15, 0.2) is 33.4 Å². The van der Waals surface area contributed by atoms with Gasteiger partial charge in [-0.15, -0.1) is 22.7 Å². The Balaban J connectivity index is 2.13. The van der Waals surface area contributed by atoms with Gasteiger partial charge in [-0.3, -0.25) is 11.3 Å². The molecule has 1 atom stereocenters. The summed E-state index contributed by atoms with van der Waals surface area (Å²) in [7, 11) is 0. The SMILES string of the molecule is NNC(Cc1sccc1Br)c1cccs1. The summed E-state index contributed by atoms with van der Waals surface area (Å²) in [6.07, 6.45) is 0.926. The molecule has 0 aliphatic carbocycles. The van der Waals surface area contributed by atoms with Gasteiger partial charge in [0.1, 0.15) is 0 Å². The molecule has 3 N–H and O–H groups in total. The smallest absolute Gasteiger partial charge is 0.0601 e. The Morgan fingerprint density at radius 2 is 2.20 bits per heavy atom. The molecule has 0 amide bonds. The molecule has 0 aromatic carbocycles. The number of nitrogens with one attached hydrogen (secondary N) is 1. The molecule has 2 aromatic heterocycles. The average molecular weight is 303 g/mol. The Morgan fingerprint density at radius 1 is 1.33 bits per heavy atom. The highest BCUT2D eigenvalue weighted by molar-refractivity contribution is 9.10. The van der Waals surface area contributed by atoms with E-state index in [9.17, 15) is 0 Å². The Labute approximate surface area is 105 Å². The van der Waals surface area contributed by atoms with E-state index < -0.39 is 0 Å². The maximum absolute atomic E-state index is 5.58. The number of rotatable bonds is 4. The fourth-order valence-corrected chi connectivity index (χ4v) is 3.74. The Hall–Kier alpha value is -0.200. The summed E-state index contributed by atoms with van der Waals surface area (Å²) in [6.45, 7) is 0. The van der Waals surface area contributed by atoms with Crippen LogP contribution >= 0.6 is 38.6 Å². The number of hydrogen-bond donors (Lipinski definition) is 2. The number of thiophene rings is 2. The van der Waals surface area contributed by atoms with Gasteiger partial charge in [0, 0.05) is 20.6 Å². The van der Waals surface area contributed by atoms with E-state index in [4.69, 9.17) is 5.84 Å². The lowest BCUT2D eigenvalue weighted by molar-refractivity contribution is 0.564. The minimum Gasteiger partial charge on any atom is -0.271 e. The van der Waals surface area contributed by atoms with Gasteiger partial charge in [-0.25, -0.2) is 0 Å². The van der Waals surface area contributed by atoms with Crippen LogP contribution in [0.2, 0.25) is 0 Å². The number of nitrogens with two attached hydrogens (primary N) is 1. The van der Waals surface area contributed by atoms with Crippen LogP contribution in [0.25, 0.3) is 0 Å². The van der Waals surface area contributed by atoms with Gasteiger partial charge in [0.05, 0.1) is 6.04 Å². The van der Waals surface area contributed by atoms with Crippen molar-refractivity contribution in [3.8, 4) is 0 Å². The monoisotopic (exact) mass is 302 g/mol. The van der Waals surface area contributed by atoms with E-state index in [1.54, 1.807) is 22.7 Å². The van der Waals surface area contributed by atoms with Gasteiger partial charge in [-0.05, 0) is 38.8 Å². The van der Waals surface area contributed by atoms with Crippen LogP contribution in [-0.2, 0) is 6.42 Å². The van der Waals surface area contributed by atoms with Crippen molar-refractivity contribution in [2.75, 3.05) is 0 Å². The topological polar surface area (TPSA) is 38.0 Å². The van der Waals surface area contributed by atoms with E-state index in [1.165, 1.54) is 14.2 Å². The molecule has 5 heteroatoms. The van der Waals surface area contributed by atoms with Crippen LogP contribution in [-0.4, -0.2) is 0 Å². The zero-order chi connectivity index (χ0) is 10.7. The van der Waals surface area contributed by atoms with E-state index >= 15 is 0 Å². The molecule has 2 rings (SSSR count). The van der Waals surface area contributed by atoms with Crippen LogP contribution in [0.1, 0.15) is 15.8 Å². The first-order valence-electron chi connectivity index (χ1n) is 4.52. The minimum absolute atomic E-state index is 0.208. The van der Waals surface area contributed by atoms with Gasteiger partial charge in [-0.2, -0.15) is 0 Å². The summed E-state index contributed by atoms with van der Waals surface area (Å²) in [5.41, 5.74) is 2.87. The molecule has 1 unspecified atom stereocenters. The van der Waals surface area contributed by atoms with Crippen molar-refractivity contribution in [3.63, 3.8) is 0 Å². The zero-order valence-electron chi connectivity index (χ0n) is 7.94. The van der Waals surface area contributed by atoms with Gasteiger partial charge in [-0.1, -0.05) is 6.07 Å². The molecule has 0 aliphatic heterocycles. The van der Waals surface area contributed by atoms with Gasteiger partial charge < -0.3 is 0 Å². The van der Waals surface area contributed by atoms with Crippen LogP contribution in [0.4, 0.5) is 0 Å². The van der Waals surface area contributed by atoms with E-state index in [2.05, 4.69) is 44.2 Å². The normalized spacial score (nSPS) is 12.9. The van der Waals surface area contributed by atoms with E-state index in [-0.39, 0.29) is 6.04 Å². The molecule has 80 valence electrons. The molecule has 0 spiro atoms. The molecule has 0 bridgehead atoms. The second kappa shape index (κ2) is 5.23. The van der Waals surface area contributed by atoms with Crippen LogP contribution < -0.4 is 11.3 Å². The zero-order valence-corrected chi connectivity index (χ0v) is 11.2. The first-order chi connectivity index (χ1) is 7.31. The first-order valence-corrected chi connectivity index (χ1v) is 7.08. The maximum atomic E-state index is 5.58. The first kappa shape index (κ1) is 11.3. The van der Waals surface area contributed by atoms with Crippen LogP contribution in [0.3, 0.4) is 0 Å². The van der Waals surface area contributed by atoms with Crippen LogP contribution in [0, 0.1) is 0 Å². The molecule has 2 aromatic rings. The summed E-state index contributed by atoms with van der Waals surface area (Å²) >= 11 is 7.02. The number of hydrogen-bond acceptors (Lipinski definition) is 4. The quantitative estimate of drug-likeness (QED) is 0.672. The van der Waals surface area contributed by atoms with Crippen molar-refractivity contribution in [1.82, 2.24) is 5.43 Å². The molecule has 2 nitrogen and oxygen atoms in total. The highest BCUT2D eigenvalue weighted by Crippen LogP contribution is 2.29. The van der Waals surface area contributed by atoms with Crippen molar-refractivity contribution >= 4 is 38.6 Å². The van der Waals surface area contributed by atoms with E-state index in [1.807, 2.05) is 6.07 Å². The average Bonchev–Trinajstić information content (AvgIpc) is 2.86. The van der Waals surface area contributed by atoms with Crippen molar-refractivity contribution < 1.29 is 0 Å². The second-order valence-electron chi connectivity index (χ2n) is 3.13. The Kier molecular flexibility index (Phi) is 3.93. The molecule has 15 heavy (non-hydrogen) atoms. The Bertz CT molecular complexity index is 411. The lowest BCUT2D eigenvalue weighted by atomic mass is 10.1. The lowest BCUT2D eigenvalue weighted by Gasteiger charge is -2.13. The Morgan fingerprint density at radius 3 is 2.73 bits per heavy atom. The lowest BCUT2D eigenvalue weighted by Crippen LogP contribution is -2.28. The van der Waals surface area contributed by atoms with E-state index in [0.717, 1.165) is 6.42 Å². The highest BCUT2D eigenvalue weighted by Gasteiger charge is 2.13. The molecule has 0 aliphatic rings. The molecule has 0 radical (unpaired) electrons. The third-order valence-corrected chi connectivity index (χ3v) is 5.10. The molecular weight excluding hydrogens is 292 g/mol. The van der Waals surface area contributed by atoms with Crippen molar-refractivity contribution in [3.05, 3.63) is 43.2 Å². The van der Waals surface area contributed by atoms with Crippen molar-refractivity contribution in [1.29, 1.82) is 0 Å². The highest BCUT2D eigenvalue weighted by atomic mass is 79.9. The van der Waals surface area contributed by atoms with Crippen molar-refractivity contribution in [2.45, 2.75) is 12.5 Å². The number of halogens is 1. The largest absolute Gasteiger partial charge is 0.271 e. The summed E-state index contributed by atoms with van der Waals surface area (Å²) in [5, 5.41) is 4.16. The molecule has 0 saturated carbocycles. The summed E-state index contributed by atoms with van der Waals surface area (Å²) < 4.78 is 1.17. The van der Waals surface area contributed by atoms with Gasteiger partial charge in [0.25, 0.3) is 0 Å². The molecule has 2 heterocycles. The summed E-state index contributed by atoms with van der Waals surface area (Å²) in [4.78, 5) is 2.60. The third-order valence-electron chi connectivity index (χ3n) is 2.17. The summed E-state index contributed by atoms with van der Waals surface area (Å²) in [5.74, 6) is 5.58. The molecular formula is C10H11BrN2S2. The standard InChI is InChI=1S/C10H11BrN2S2/c11-7-3-5-15-10(7)6-8(13-12)9-2-1-4-14-9/h1-5,8,13H,6,12H2. The van der Waals surface area contributed by atoms with E-state index in [0.29, 0.717) is 0 Å². The van der Waals surface area contributed by atoms with Crippen molar-refractivity contribution in [2.24, 2.45) is 5.84 Å². The number of hydrazine groups is 1. The fraction of sp³-hybridized carbons (Fsp3) is 0.200. The minimum atomic E-state index is 0.208. The van der Waals surface area contributed by atoms with Gasteiger partial charge in [0.2, 0.25) is 0 Å². The van der Waals surface area contributed by atoms with Gasteiger partial charge in [0.15, 0.2) is 0 Å². The molecule has 0 fully saturated rings. The molecule has 0 saturated heterocycles. The second-order valence-corrected chi connectivity index (χ2v) is 5.96. The third kappa shape index (κ3) is 2.68.